The number of para-hydroxylation sites is 1. The molecule has 134 valence electrons. The van der Waals surface area contributed by atoms with E-state index in [1.807, 2.05) is 53.8 Å². The Hall–Kier alpha value is -2.10. The molecule has 2 atom stereocenters. The van der Waals surface area contributed by atoms with Crippen molar-refractivity contribution in [3.63, 3.8) is 0 Å². The minimum atomic E-state index is -0.0582. The topological polar surface area (TPSA) is 42.3 Å². The Labute approximate surface area is 149 Å². The predicted octanol–water partition coefficient (Wildman–Crippen LogP) is 4.27. The zero-order chi connectivity index (χ0) is 18.1. The monoisotopic (exact) mass is 340 g/mol. The summed E-state index contributed by atoms with van der Waals surface area (Å²) >= 11 is 0. The summed E-state index contributed by atoms with van der Waals surface area (Å²) in [6, 6.07) is 8.44. The van der Waals surface area contributed by atoms with Crippen LogP contribution in [0.1, 0.15) is 57.3 Å². The molecule has 2 heterocycles. The molecule has 0 saturated carbocycles. The van der Waals surface area contributed by atoms with E-state index in [2.05, 4.69) is 13.8 Å². The molecule has 0 unspecified atom stereocenters. The normalized spacial score (nSPS) is 21.1. The Morgan fingerprint density at radius 2 is 1.76 bits per heavy atom. The van der Waals surface area contributed by atoms with Crippen molar-refractivity contribution in [1.29, 1.82) is 0 Å². The minimum absolute atomic E-state index is 0.0582. The van der Waals surface area contributed by atoms with Gasteiger partial charge in [0.2, 0.25) is 5.91 Å². The molecule has 1 aliphatic rings. The first-order chi connectivity index (χ1) is 11.9. The van der Waals surface area contributed by atoms with Crippen LogP contribution >= 0.6 is 0 Å². The highest BCUT2D eigenvalue weighted by atomic mass is 16.2. The van der Waals surface area contributed by atoms with Gasteiger partial charge in [-0.3, -0.25) is 9.59 Å². The van der Waals surface area contributed by atoms with Gasteiger partial charge in [-0.1, -0.05) is 32.0 Å². The summed E-state index contributed by atoms with van der Waals surface area (Å²) in [5, 5.41) is 0.939. The van der Waals surface area contributed by atoms with Crippen molar-refractivity contribution in [2.45, 2.75) is 65.6 Å². The average Bonchev–Trinajstić information content (AvgIpc) is 2.92. The van der Waals surface area contributed by atoms with Crippen LogP contribution in [0.4, 0.5) is 0 Å². The smallest absolute Gasteiger partial charge is 0.242 e. The maximum Gasteiger partial charge on any atom is 0.242 e. The van der Waals surface area contributed by atoms with Crippen molar-refractivity contribution >= 4 is 22.6 Å². The lowest BCUT2D eigenvalue weighted by atomic mass is 9.97. The van der Waals surface area contributed by atoms with Gasteiger partial charge in [-0.05, 0) is 39.2 Å². The number of likely N-dealkylation sites (tertiary alicyclic amines) is 1. The summed E-state index contributed by atoms with van der Waals surface area (Å²) in [7, 11) is 0. The van der Waals surface area contributed by atoms with E-state index in [0.29, 0.717) is 6.54 Å². The summed E-state index contributed by atoms with van der Waals surface area (Å²) in [5.74, 6) is 0.211. The molecule has 3 rings (SSSR count). The van der Waals surface area contributed by atoms with Gasteiger partial charge in [0, 0.05) is 40.7 Å². The lowest BCUT2D eigenvalue weighted by Gasteiger charge is -2.39. The van der Waals surface area contributed by atoms with Crippen molar-refractivity contribution in [3.05, 3.63) is 36.0 Å². The largest absolute Gasteiger partial charge is 0.337 e. The molecular weight excluding hydrogens is 312 g/mol. The van der Waals surface area contributed by atoms with E-state index in [4.69, 9.17) is 0 Å². The van der Waals surface area contributed by atoms with E-state index >= 15 is 0 Å². The molecule has 1 saturated heterocycles. The quantitative estimate of drug-likeness (QED) is 0.780. The number of benzene rings is 1. The van der Waals surface area contributed by atoms with Gasteiger partial charge >= 0.3 is 0 Å². The summed E-state index contributed by atoms with van der Waals surface area (Å²) in [4.78, 5) is 27.5. The van der Waals surface area contributed by atoms with E-state index in [9.17, 15) is 9.59 Å². The molecule has 0 bridgehead atoms. The van der Waals surface area contributed by atoms with Crippen molar-refractivity contribution in [2.24, 2.45) is 5.92 Å². The molecule has 25 heavy (non-hydrogen) atoms. The van der Waals surface area contributed by atoms with Gasteiger partial charge in [0.15, 0.2) is 5.78 Å². The van der Waals surface area contributed by atoms with E-state index in [0.717, 1.165) is 29.3 Å². The number of hydrogen-bond donors (Lipinski definition) is 0. The third-order valence-corrected chi connectivity index (χ3v) is 5.37. The Bertz CT molecular complexity index is 780. The van der Waals surface area contributed by atoms with Gasteiger partial charge in [0.25, 0.3) is 0 Å². The Kier molecular flexibility index (Phi) is 4.98. The van der Waals surface area contributed by atoms with Crippen LogP contribution in [-0.2, 0) is 11.3 Å². The first kappa shape index (κ1) is 17.7. The highest BCUT2D eigenvalue weighted by Crippen LogP contribution is 2.26. The Morgan fingerprint density at radius 3 is 2.40 bits per heavy atom. The molecule has 0 aliphatic carbocycles. The molecular formula is C21H28N2O2. The van der Waals surface area contributed by atoms with Gasteiger partial charge in [0.05, 0.1) is 0 Å². The fraction of sp³-hybridized carbons (Fsp3) is 0.524. The number of carbonyl (C=O) groups is 2. The standard InChI is InChI=1S/C21H28N2O2/c1-14(2)21(25)18-12-22(19-11-6-5-10-17(18)19)13-20(24)23-15(3)8-7-9-16(23)4/h5-6,10-12,14-16H,7-9,13H2,1-4H3/t15-,16-/m0/s1. The minimum Gasteiger partial charge on any atom is -0.337 e. The molecule has 2 aromatic rings. The van der Waals surface area contributed by atoms with Crippen molar-refractivity contribution in [3.8, 4) is 0 Å². The number of hydrogen-bond acceptors (Lipinski definition) is 2. The molecule has 4 heteroatoms. The van der Waals surface area contributed by atoms with E-state index in [-0.39, 0.29) is 29.7 Å². The number of nitrogens with zero attached hydrogens (tertiary/aromatic N) is 2. The molecule has 1 aromatic heterocycles. The van der Waals surface area contributed by atoms with Crippen LogP contribution in [-0.4, -0.2) is 33.2 Å². The average molecular weight is 340 g/mol. The molecule has 0 spiro atoms. The van der Waals surface area contributed by atoms with Crippen molar-refractivity contribution in [1.82, 2.24) is 9.47 Å². The van der Waals surface area contributed by atoms with Gasteiger partial charge < -0.3 is 9.47 Å². The van der Waals surface area contributed by atoms with Crippen LogP contribution in [0.25, 0.3) is 10.9 Å². The van der Waals surface area contributed by atoms with Crippen molar-refractivity contribution < 1.29 is 9.59 Å². The van der Waals surface area contributed by atoms with E-state index < -0.39 is 0 Å². The van der Waals surface area contributed by atoms with Gasteiger partial charge in [-0.2, -0.15) is 0 Å². The molecule has 1 aliphatic heterocycles. The maximum absolute atomic E-state index is 13.0. The number of carbonyl (C=O) groups excluding carboxylic acids is 2. The molecule has 1 amide bonds. The molecule has 1 aromatic carbocycles. The second kappa shape index (κ2) is 7.03. The Morgan fingerprint density at radius 1 is 1.12 bits per heavy atom. The first-order valence-corrected chi connectivity index (χ1v) is 9.33. The number of amides is 1. The molecule has 1 fully saturated rings. The van der Waals surface area contributed by atoms with Crippen molar-refractivity contribution in [2.75, 3.05) is 0 Å². The van der Waals surface area contributed by atoms with Gasteiger partial charge in [0.1, 0.15) is 6.54 Å². The summed E-state index contributed by atoms with van der Waals surface area (Å²) in [5.41, 5.74) is 1.68. The fourth-order valence-corrected chi connectivity index (χ4v) is 4.03. The summed E-state index contributed by atoms with van der Waals surface area (Å²) in [6.45, 7) is 8.39. The van der Waals surface area contributed by atoms with Crippen LogP contribution in [0.2, 0.25) is 0 Å². The lowest BCUT2D eigenvalue weighted by molar-refractivity contribution is -0.137. The zero-order valence-corrected chi connectivity index (χ0v) is 15.7. The van der Waals surface area contributed by atoms with E-state index in [1.165, 1.54) is 6.42 Å². The van der Waals surface area contributed by atoms with Crippen LogP contribution < -0.4 is 0 Å². The lowest BCUT2D eigenvalue weighted by Crippen LogP contribution is -2.48. The Balaban J connectivity index is 1.94. The molecule has 0 N–H and O–H groups in total. The zero-order valence-electron chi connectivity index (χ0n) is 15.7. The third kappa shape index (κ3) is 3.35. The van der Waals surface area contributed by atoms with E-state index in [1.54, 1.807) is 0 Å². The molecule has 0 radical (unpaired) electrons. The number of rotatable bonds is 4. The number of piperidine rings is 1. The summed E-state index contributed by atoms with van der Waals surface area (Å²) in [6.07, 6.45) is 5.19. The molecule has 4 nitrogen and oxygen atoms in total. The van der Waals surface area contributed by atoms with Gasteiger partial charge in [-0.25, -0.2) is 0 Å². The second-order valence-corrected chi connectivity index (χ2v) is 7.64. The highest BCUT2D eigenvalue weighted by Gasteiger charge is 2.29. The SMILES string of the molecule is CC(C)C(=O)c1cn(CC(=O)N2[C@@H](C)CCC[C@@H]2C)c2ccccc12. The number of aromatic nitrogens is 1. The third-order valence-electron chi connectivity index (χ3n) is 5.37. The summed E-state index contributed by atoms with van der Waals surface area (Å²) < 4.78 is 1.95. The maximum atomic E-state index is 13.0. The first-order valence-electron chi connectivity index (χ1n) is 9.33. The number of Topliss-reactive ketones (excluding diaryl/α,β-unsaturated/α-hetero) is 1. The second-order valence-electron chi connectivity index (χ2n) is 7.64. The van der Waals surface area contributed by atoms with Crippen LogP contribution in [0.5, 0.6) is 0 Å². The number of fused-ring (bicyclic) bond motifs is 1. The highest BCUT2D eigenvalue weighted by molar-refractivity contribution is 6.09. The predicted molar refractivity (Wildman–Crippen MR) is 101 cm³/mol. The fourth-order valence-electron chi connectivity index (χ4n) is 4.03. The van der Waals surface area contributed by atoms with Crippen LogP contribution in [0.15, 0.2) is 30.5 Å². The van der Waals surface area contributed by atoms with Crippen LogP contribution in [0, 0.1) is 5.92 Å². The number of ketones is 1. The van der Waals surface area contributed by atoms with Crippen LogP contribution in [0.3, 0.4) is 0 Å². The van der Waals surface area contributed by atoms with Gasteiger partial charge in [-0.15, -0.1) is 0 Å².